The lowest BCUT2D eigenvalue weighted by Crippen LogP contribution is -2.42. The molecule has 0 aliphatic rings. The zero-order valence-electron chi connectivity index (χ0n) is 18.4. The molecule has 0 aliphatic carbocycles. The Morgan fingerprint density at radius 1 is 0.971 bits per heavy atom. The van der Waals surface area contributed by atoms with Crippen molar-refractivity contribution < 1.29 is 23.1 Å². The second kappa shape index (κ2) is 9.36. The number of nitrogens with zero attached hydrogens (tertiary/aromatic N) is 3. The van der Waals surface area contributed by atoms with E-state index in [0.29, 0.717) is 22.4 Å². The predicted molar refractivity (Wildman–Crippen MR) is 129 cm³/mol. The summed E-state index contributed by atoms with van der Waals surface area (Å²) < 4.78 is 31.8. The van der Waals surface area contributed by atoms with Gasteiger partial charge in [0.15, 0.2) is 5.69 Å². The molecule has 0 spiro atoms. The minimum absolute atomic E-state index is 0.101. The van der Waals surface area contributed by atoms with Gasteiger partial charge in [-0.2, -0.15) is 0 Å². The molecule has 0 bridgehead atoms. The topological polar surface area (TPSA) is 124 Å². The van der Waals surface area contributed by atoms with Crippen molar-refractivity contribution in [1.29, 1.82) is 0 Å². The summed E-state index contributed by atoms with van der Waals surface area (Å²) in [5.41, 5.74) is 1.00. The van der Waals surface area contributed by atoms with Gasteiger partial charge in [0, 0.05) is 5.39 Å². The molecule has 1 aromatic heterocycles. The fourth-order valence-electron chi connectivity index (χ4n) is 3.49. The Hall–Kier alpha value is -4.18. The summed E-state index contributed by atoms with van der Waals surface area (Å²) in [7, 11) is -3.83. The number of fused-ring (bicyclic) bond motifs is 1. The van der Waals surface area contributed by atoms with Gasteiger partial charge >= 0.3 is 0 Å². The molecule has 3 aromatic carbocycles. The van der Waals surface area contributed by atoms with E-state index in [1.165, 1.54) is 6.92 Å². The number of ether oxygens (including phenoxy) is 1. The largest absolute Gasteiger partial charge is 0.493 e. The van der Waals surface area contributed by atoms with E-state index in [2.05, 4.69) is 15.2 Å². The minimum atomic E-state index is -3.83. The SMILES string of the molecule is C[C@@H](C(=O)N=Nc1c(O)[nH]c2ccccc12)N(c1ccc(Oc2ccccc2)cc1)S(C)(=O)=O. The van der Waals surface area contributed by atoms with Crippen molar-refractivity contribution in [2.24, 2.45) is 10.2 Å². The van der Waals surface area contributed by atoms with Gasteiger partial charge in [-0.1, -0.05) is 36.4 Å². The Balaban J connectivity index is 1.57. The molecule has 0 unspecified atom stereocenters. The second-order valence-electron chi connectivity index (χ2n) is 7.55. The van der Waals surface area contributed by atoms with Crippen LogP contribution in [0.3, 0.4) is 0 Å². The maximum absolute atomic E-state index is 12.8. The molecule has 1 amide bonds. The van der Waals surface area contributed by atoms with E-state index in [0.717, 1.165) is 10.6 Å². The summed E-state index contributed by atoms with van der Waals surface area (Å²) in [4.78, 5) is 15.5. The highest BCUT2D eigenvalue weighted by Crippen LogP contribution is 2.35. The molecule has 34 heavy (non-hydrogen) atoms. The van der Waals surface area contributed by atoms with Crippen molar-refractivity contribution in [3.8, 4) is 17.4 Å². The fraction of sp³-hybridized carbons (Fsp3) is 0.125. The minimum Gasteiger partial charge on any atom is -0.493 e. The van der Waals surface area contributed by atoms with Gasteiger partial charge in [0.1, 0.15) is 17.5 Å². The van der Waals surface area contributed by atoms with Gasteiger partial charge in [0.25, 0.3) is 5.91 Å². The molecule has 4 aromatic rings. The van der Waals surface area contributed by atoms with E-state index in [4.69, 9.17) is 4.74 Å². The molecule has 1 atom stereocenters. The van der Waals surface area contributed by atoms with Gasteiger partial charge in [-0.15, -0.1) is 10.2 Å². The maximum Gasteiger partial charge on any atom is 0.287 e. The van der Waals surface area contributed by atoms with Crippen molar-refractivity contribution in [2.75, 3.05) is 10.6 Å². The van der Waals surface area contributed by atoms with Crippen LogP contribution in [0.4, 0.5) is 11.4 Å². The second-order valence-corrected chi connectivity index (χ2v) is 9.41. The van der Waals surface area contributed by atoms with Crippen LogP contribution in [-0.2, 0) is 14.8 Å². The number of hydrogen-bond acceptors (Lipinski definition) is 6. The Morgan fingerprint density at radius 2 is 1.59 bits per heavy atom. The average Bonchev–Trinajstić information content (AvgIpc) is 3.13. The number of hydrogen-bond donors (Lipinski definition) is 2. The first kappa shape index (κ1) is 23.0. The number of azo groups is 1. The standard InChI is InChI=1S/C24H22N4O5S/c1-16(23(29)27-26-22-20-10-6-7-11-21(20)25-24(22)30)28(34(2,31)32)17-12-14-19(15-13-17)33-18-8-4-3-5-9-18/h3-16,25,30H,1-2H3/t16-/m0/s1. The molecule has 2 N–H and O–H groups in total. The number of H-pyrrole nitrogens is 1. The maximum atomic E-state index is 12.8. The van der Waals surface area contributed by atoms with Crippen LogP contribution in [0.1, 0.15) is 6.92 Å². The molecule has 4 rings (SSSR count). The quantitative estimate of drug-likeness (QED) is 0.356. The molecule has 0 fully saturated rings. The zero-order chi connectivity index (χ0) is 24.3. The van der Waals surface area contributed by atoms with Gasteiger partial charge < -0.3 is 14.8 Å². The number of nitrogens with one attached hydrogen (secondary N) is 1. The number of anilines is 1. The van der Waals surface area contributed by atoms with E-state index in [1.54, 1.807) is 60.7 Å². The molecule has 10 heteroatoms. The first-order chi connectivity index (χ1) is 16.2. The van der Waals surface area contributed by atoms with E-state index in [-0.39, 0.29) is 17.3 Å². The zero-order valence-corrected chi connectivity index (χ0v) is 19.2. The van der Waals surface area contributed by atoms with Crippen LogP contribution in [0.2, 0.25) is 0 Å². The highest BCUT2D eigenvalue weighted by Gasteiger charge is 2.29. The van der Waals surface area contributed by atoms with Crippen molar-refractivity contribution in [2.45, 2.75) is 13.0 Å². The van der Waals surface area contributed by atoms with E-state index < -0.39 is 22.0 Å². The number of carbonyl (C=O) groups excluding carboxylic acids is 1. The molecule has 0 saturated heterocycles. The predicted octanol–water partition coefficient (Wildman–Crippen LogP) is 5.13. The van der Waals surface area contributed by atoms with Crippen molar-refractivity contribution in [3.05, 3.63) is 78.9 Å². The van der Waals surface area contributed by atoms with Crippen LogP contribution in [0.25, 0.3) is 10.9 Å². The lowest BCUT2D eigenvalue weighted by molar-refractivity contribution is -0.119. The van der Waals surface area contributed by atoms with Crippen molar-refractivity contribution in [1.82, 2.24) is 4.98 Å². The highest BCUT2D eigenvalue weighted by molar-refractivity contribution is 7.92. The normalized spacial score (nSPS) is 12.6. The van der Waals surface area contributed by atoms with Crippen LogP contribution in [0, 0.1) is 0 Å². The first-order valence-electron chi connectivity index (χ1n) is 10.3. The molecule has 0 saturated carbocycles. The number of carbonyl (C=O) groups is 1. The number of para-hydroxylation sites is 2. The van der Waals surface area contributed by atoms with Crippen LogP contribution < -0.4 is 9.04 Å². The van der Waals surface area contributed by atoms with Gasteiger partial charge in [0.2, 0.25) is 15.9 Å². The Bertz CT molecular complexity index is 1450. The number of aromatic nitrogens is 1. The van der Waals surface area contributed by atoms with Gasteiger partial charge in [-0.05, 0) is 49.4 Å². The molecule has 174 valence electrons. The summed E-state index contributed by atoms with van der Waals surface area (Å²) in [5.74, 6) is 0.121. The number of aromatic amines is 1. The molecular weight excluding hydrogens is 456 g/mol. The Morgan fingerprint density at radius 3 is 2.26 bits per heavy atom. The summed E-state index contributed by atoms with van der Waals surface area (Å²) >= 11 is 0. The van der Waals surface area contributed by atoms with Crippen molar-refractivity contribution in [3.63, 3.8) is 0 Å². The number of benzene rings is 3. The van der Waals surface area contributed by atoms with Crippen LogP contribution in [-0.4, -0.2) is 36.7 Å². The first-order valence-corrected chi connectivity index (χ1v) is 12.2. The number of aromatic hydroxyl groups is 1. The summed E-state index contributed by atoms with van der Waals surface area (Å²) in [6.07, 6.45) is 1.01. The summed E-state index contributed by atoms with van der Waals surface area (Å²) in [5, 5.41) is 18.2. The number of amides is 1. The lowest BCUT2D eigenvalue weighted by atomic mass is 10.2. The molecule has 1 heterocycles. The van der Waals surface area contributed by atoms with Gasteiger partial charge in [-0.25, -0.2) is 8.42 Å². The number of sulfonamides is 1. The van der Waals surface area contributed by atoms with E-state index >= 15 is 0 Å². The van der Waals surface area contributed by atoms with E-state index in [9.17, 15) is 18.3 Å². The van der Waals surface area contributed by atoms with E-state index in [1.807, 2.05) is 18.2 Å². The lowest BCUT2D eigenvalue weighted by Gasteiger charge is -2.26. The smallest absolute Gasteiger partial charge is 0.287 e. The summed E-state index contributed by atoms with van der Waals surface area (Å²) in [6, 6.07) is 21.3. The number of rotatable bonds is 7. The average molecular weight is 479 g/mol. The van der Waals surface area contributed by atoms with Crippen molar-refractivity contribution >= 4 is 38.2 Å². The molecular formula is C24H22N4O5S. The van der Waals surface area contributed by atoms with Crippen LogP contribution >= 0.6 is 0 Å². The third-order valence-electron chi connectivity index (χ3n) is 5.04. The highest BCUT2D eigenvalue weighted by atomic mass is 32.2. The van der Waals surface area contributed by atoms with Gasteiger partial charge in [-0.3, -0.25) is 9.10 Å². The van der Waals surface area contributed by atoms with Gasteiger partial charge in [0.05, 0.1) is 17.5 Å². The third-order valence-corrected chi connectivity index (χ3v) is 6.29. The molecule has 9 nitrogen and oxygen atoms in total. The molecule has 0 aliphatic heterocycles. The fourth-order valence-corrected chi connectivity index (χ4v) is 4.65. The van der Waals surface area contributed by atoms with Crippen LogP contribution in [0.15, 0.2) is 89.1 Å². The van der Waals surface area contributed by atoms with Crippen LogP contribution in [0.5, 0.6) is 17.4 Å². The summed E-state index contributed by atoms with van der Waals surface area (Å²) in [6.45, 7) is 1.42. The Kier molecular flexibility index (Phi) is 6.33. The Labute approximate surface area is 196 Å². The molecule has 0 radical (unpaired) electrons. The monoisotopic (exact) mass is 478 g/mol. The third kappa shape index (κ3) is 4.91.